The second kappa shape index (κ2) is 7.89. The van der Waals surface area contributed by atoms with Crippen LogP contribution in [0, 0.1) is 0 Å². The second-order valence-electron chi connectivity index (χ2n) is 4.48. The van der Waals surface area contributed by atoms with Gasteiger partial charge in [0, 0.05) is 19.2 Å². The van der Waals surface area contributed by atoms with Crippen LogP contribution in [0.1, 0.15) is 19.8 Å². The van der Waals surface area contributed by atoms with Gasteiger partial charge in [0.05, 0.1) is 6.61 Å². The number of aromatic nitrogens is 2. The summed E-state index contributed by atoms with van der Waals surface area (Å²) in [6.45, 7) is 3.39. The van der Waals surface area contributed by atoms with Crippen LogP contribution in [0.25, 0.3) is 0 Å². The number of ether oxygens (including phenoxy) is 1. The van der Waals surface area contributed by atoms with Crippen LogP contribution in [0.4, 0.5) is 16.6 Å². The summed E-state index contributed by atoms with van der Waals surface area (Å²) >= 11 is 0. The van der Waals surface area contributed by atoms with Crippen LogP contribution >= 0.6 is 0 Å². The number of hydrogen-bond donors (Lipinski definition) is 2. The summed E-state index contributed by atoms with van der Waals surface area (Å²) in [7, 11) is -4.76. The summed E-state index contributed by atoms with van der Waals surface area (Å²) in [5.74, 6) is 0.333. The van der Waals surface area contributed by atoms with Crippen molar-refractivity contribution in [2.24, 2.45) is 0 Å². The molecule has 1 aromatic heterocycles. The minimum Gasteiger partial charge on any atom is -0.870 e. The van der Waals surface area contributed by atoms with E-state index in [1.165, 1.54) is 12.3 Å². The molecule has 2 rings (SSSR count). The van der Waals surface area contributed by atoms with Gasteiger partial charge in [0.15, 0.2) is 0 Å². The maximum atomic E-state index is 11.5. The van der Waals surface area contributed by atoms with Crippen molar-refractivity contribution in [3.63, 3.8) is 0 Å². The molecular formula is C11H18N4O7S. The third-order valence-electron chi connectivity index (χ3n) is 2.88. The highest BCUT2D eigenvalue weighted by Gasteiger charge is 2.26. The number of amides is 1. The van der Waals surface area contributed by atoms with Gasteiger partial charge in [-0.3, -0.25) is 4.55 Å². The highest BCUT2D eigenvalue weighted by molar-refractivity contribution is 7.80. The third kappa shape index (κ3) is 5.50. The van der Waals surface area contributed by atoms with E-state index in [4.69, 9.17) is 9.29 Å². The van der Waals surface area contributed by atoms with Gasteiger partial charge >= 0.3 is 22.4 Å². The maximum absolute atomic E-state index is 11.5. The van der Waals surface area contributed by atoms with Gasteiger partial charge in [-0.25, -0.2) is 9.08 Å². The van der Waals surface area contributed by atoms with E-state index in [0.29, 0.717) is 10.5 Å². The molecule has 3 N–H and O–H groups in total. The summed E-state index contributed by atoms with van der Waals surface area (Å²) in [4.78, 5) is 17.6. The molecule has 1 aliphatic heterocycles. The minimum atomic E-state index is -4.76. The SMILES string of the molecule is CCOC(=O)Nc1nc(N2CCCC2)cc[n+]1OS(=O)(=O)O.[OH-]. The van der Waals surface area contributed by atoms with Crippen LogP contribution in [0.15, 0.2) is 12.3 Å². The smallest absolute Gasteiger partial charge is 0.476 e. The Bertz CT molecular complexity index is 646. The first-order chi connectivity index (χ1) is 10.4. The van der Waals surface area contributed by atoms with Crippen LogP contribution in [0.5, 0.6) is 0 Å². The number of carbonyl (C=O) groups is 1. The molecule has 0 unspecified atom stereocenters. The van der Waals surface area contributed by atoms with Gasteiger partial charge in [-0.15, -0.1) is 0 Å². The number of rotatable bonds is 5. The van der Waals surface area contributed by atoms with Gasteiger partial charge in [0.25, 0.3) is 0 Å². The van der Waals surface area contributed by atoms with E-state index in [-0.39, 0.29) is 18.0 Å². The lowest BCUT2D eigenvalue weighted by Gasteiger charge is -2.13. The highest BCUT2D eigenvalue weighted by atomic mass is 32.3. The molecule has 1 aliphatic rings. The number of anilines is 2. The van der Waals surface area contributed by atoms with E-state index in [0.717, 1.165) is 25.9 Å². The monoisotopic (exact) mass is 350 g/mol. The van der Waals surface area contributed by atoms with Crippen molar-refractivity contribution in [1.82, 2.24) is 4.98 Å². The van der Waals surface area contributed by atoms with Gasteiger partial charge in [0.1, 0.15) is 6.20 Å². The molecule has 23 heavy (non-hydrogen) atoms. The first-order valence-electron chi connectivity index (χ1n) is 6.68. The molecule has 0 bridgehead atoms. The third-order valence-corrected chi connectivity index (χ3v) is 3.23. The van der Waals surface area contributed by atoms with Gasteiger partial charge < -0.3 is 15.1 Å². The summed E-state index contributed by atoms with van der Waals surface area (Å²) < 4.78 is 40.1. The Morgan fingerprint density at radius 1 is 1.48 bits per heavy atom. The molecule has 1 amide bonds. The quantitative estimate of drug-likeness (QED) is 0.533. The highest BCUT2D eigenvalue weighted by Crippen LogP contribution is 2.17. The first-order valence-corrected chi connectivity index (χ1v) is 8.04. The molecular weight excluding hydrogens is 332 g/mol. The lowest BCUT2D eigenvalue weighted by molar-refractivity contribution is -0.847. The van der Waals surface area contributed by atoms with E-state index in [1.807, 2.05) is 4.90 Å². The molecule has 1 saturated heterocycles. The van der Waals surface area contributed by atoms with Gasteiger partial charge in [0.2, 0.25) is 5.82 Å². The fraction of sp³-hybridized carbons (Fsp3) is 0.545. The van der Waals surface area contributed by atoms with Crippen molar-refractivity contribution in [2.45, 2.75) is 19.8 Å². The van der Waals surface area contributed by atoms with E-state index in [9.17, 15) is 13.2 Å². The first kappa shape index (κ1) is 18.9. The average molecular weight is 350 g/mol. The Hall–Kier alpha value is -2.18. The lowest BCUT2D eigenvalue weighted by Crippen LogP contribution is -2.49. The molecule has 2 heterocycles. The van der Waals surface area contributed by atoms with Crippen molar-refractivity contribution in [2.75, 3.05) is 29.9 Å². The van der Waals surface area contributed by atoms with Gasteiger partial charge in [-0.1, -0.05) is 0 Å². The van der Waals surface area contributed by atoms with Crippen LogP contribution in [0.2, 0.25) is 0 Å². The number of nitrogens with one attached hydrogen (secondary N) is 1. The molecule has 0 aliphatic carbocycles. The molecule has 0 saturated carbocycles. The number of hydrogen-bond acceptors (Lipinski definition) is 8. The molecule has 1 aromatic rings. The molecule has 0 spiro atoms. The van der Waals surface area contributed by atoms with Crippen molar-refractivity contribution >= 4 is 28.3 Å². The van der Waals surface area contributed by atoms with Gasteiger partial charge in [-0.2, -0.15) is 13.7 Å². The molecule has 0 aromatic carbocycles. The van der Waals surface area contributed by atoms with Crippen molar-refractivity contribution in [1.29, 1.82) is 0 Å². The lowest BCUT2D eigenvalue weighted by atomic mass is 10.4. The minimum absolute atomic E-state index is 0. The van der Waals surface area contributed by atoms with Crippen molar-refractivity contribution in [3.05, 3.63) is 12.3 Å². The largest absolute Gasteiger partial charge is 0.870 e. The summed E-state index contributed by atoms with van der Waals surface area (Å²) in [6.07, 6.45) is 2.47. The topological polar surface area (TPSA) is 152 Å². The number of nitrogens with zero attached hydrogens (tertiary/aromatic N) is 3. The summed E-state index contributed by atoms with van der Waals surface area (Å²) in [5.41, 5.74) is 0. The normalized spacial score (nSPS) is 14.1. The molecule has 0 atom stereocenters. The van der Waals surface area contributed by atoms with Crippen molar-refractivity contribution in [3.8, 4) is 0 Å². The summed E-state index contributed by atoms with van der Waals surface area (Å²) in [6, 6.07) is 1.52. The summed E-state index contributed by atoms with van der Waals surface area (Å²) in [5, 5.41) is 2.26. The zero-order chi connectivity index (χ0) is 16.2. The zero-order valence-electron chi connectivity index (χ0n) is 12.4. The Labute approximate surface area is 133 Å². The maximum Gasteiger partial charge on any atom is 0.476 e. The number of carbonyl (C=O) groups excluding carboxylic acids is 1. The Balaban J connectivity index is 0.00000264. The molecule has 0 radical (unpaired) electrons. The van der Waals surface area contributed by atoms with Crippen LogP contribution in [-0.4, -0.2) is 49.2 Å². The van der Waals surface area contributed by atoms with Crippen LogP contribution in [0.3, 0.4) is 0 Å². The molecule has 130 valence electrons. The van der Waals surface area contributed by atoms with Crippen molar-refractivity contribution < 1.29 is 37.0 Å². The van der Waals surface area contributed by atoms with E-state index in [2.05, 4.69) is 14.6 Å². The van der Waals surface area contributed by atoms with Crippen LogP contribution < -0.4 is 19.2 Å². The fourth-order valence-corrected chi connectivity index (χ4v) is 2.35. The second-order valence-corrected chi connectivity index (χ2v) is 5.48. The van der Waals surface area contributed by atoms with E-state index < -0.39 is 16.5 Å². The van der Waals surface area contributed by atoms with Gasteiger partial charge in [-0.05, 0) is 29.5 Å². The van der Waals surface area contributed by atoms with E-state index >= 15 is 0 Å². The predicted molar refractivity (Wildman–Crippen MR) is 76.6 cm³/mol. The molecule has 12 heteroatoms. The Morgan fingerprint density at radius 3 is 2.70 bits per heavy atom. The molecule has 11 nitrogen and oxygen atoms in total. The average Bonchev–Trinajstić information content (AvgIpc) is 2.93. The standard InChI is InChI=1S/C11H16N4O6S.H2O/c1-2-20-11(16)13-10-12-9(14-6-3-4-7-14)5-8-15(10)21-22(17,18)19;/h5,8H,2-4,6-7H2,1H3,(H,17,18,19);1H2. The van der Waals surface area contributed by atoms with Crippen LogP contribution in [-0.2, 0) is 15.1 Å². The molecule has 1 fully saturated rings. The zero-order valence-corrected chi connectivity index (χ0v) is 13.2. The Morgan fingerprint density at radius 2 is 2.13 bits per heavy atom. The van der Waals surface area contributed by atoms with E-state index in [1.54, 1.807) is 6.92 Å². The Kier molecular flexibility index (Phi) is 6.48. The predicted octanol–water partition coefficient (Wildman–Crippen LogP) is -0.408. The fourth-order valence-electron chi connectivity index (χ4n) is 2.03.